The number of methoxy groups -OCH3 is 2. The molecule has 1 aromatic heterocycles. The van der Waals surface area contributed by atoms with Crippen LogP contribution in [0, 0.1) is 0 Å². The molecule has 158 valence electrons. The zero-order valence-corrected chi connectivity index (χ0v) is 17.8. The van der Waals surface area contributed by atoms with E-state index in [2.05, 4.69) is 10.2 Å². The Morgan fingerprint density at radius 1 is 1.07 bits per heavy atom. The van der Waals surface area contributed by atoms with E-state index in [9.17, 15) is 8.42 Å². The highest BCUT2D eigenvalue weighted by molar-refractivity contribution is 7.89. The zero-order valence-electron chi connectivity index (χ0n) is 17.0. The van der Waals surface area contributed by atoms with Gasteiger partial charge in [0.25, 0.3) is 0 Å². The second kappa shape index (κ2) is 8.83. The van der Waals surface area contributed by atoms with Gasteiger partial charge >= 0.3 is 0 Å². The third kappa shape index (κ3) is 4.70. The van der Waals surface area contributed by atoms with Crippen LogP contribution >= 0.6 is 0 Å². The van der Waals surface area contributed by atoms with Gasteiger partial charge in [-0.1, -0.05) is 0 Å². The van der Waals surface area contributed by atoms with Crippen LogP contribution in [0.15, 0.2) is 35.2 Å². The molecule has 0 N–H and O–H groups in total. The smallest absolute Gasteiger partial charge is 0.243 e. The Morgan fingerprint density at radius 3 is 2.45 bits per heavy atom. The molecule has 1 aromatic carbocycles. The number of aromatic nitrogens is 2. The molecule has 1 atom stereocenters. The summed E-state index contributed by atoms with van der Waals surface area (Å²) in [7, 11) is 3.05. The van der Waals surface area contributed by atoms with Crippen molar-refractivity contribution in [1.82, 2.24) is 14.5 Å². The van der Waals surface area contributed by atoms with Gasteiger partial charge in [-0.05, 0) is 31.0 Å². The Labute approximate surface area is 171 Å². The number of sulfonamides is 1. The summed E-state index contributed by atoms with van der Waals surface area (Å²) in [6.45, 7) is 0.676. The van der Waals surface area contributed by atoms with E-state index in [0.29, 0.717) is 30.3 Å². The molecular weight excluding hydrogens is 396 g/mol. The first-order valence-electron chi connectivity index (χ1n) is 9.25. The Morgan fingerprint density at radius 2 is 1.83 bits per heavy atom. The van der Waals surface area contributed by atoms with Crippen LogP contribution in [0.1, 0.15) is 12.8 Å². The van der Waals surface area contributed by atoms with Gasteiger partial charge in [-0.2, -0.15) is 4.31 Å². The van der Waals surface area contributed by atoms with Crippen LogP contribution in [0.25, 0.3) is 0 Å². The molecule has 29 heavy (non-hydrogen) atoms. The van der Waals surface area contributed by atoms with Gasteiger partial charge in [0.05, 0.1) is 25.7 Å². The largest absolute Gasteiger partial charge is 0.493 e. The molecule has 10 heteroatoms. The van der Waals surface area contributed by atoms with Gasteiger partial charge in [0.1, 0.15) is 6.10 Å². The molecule has 0 amide bonds. The lowest BCUT2D eigenvalue weighted by atomic mass is 10.1. The van der Waals surface area contributed by atoms with Gasteiger partial charge in [-0.15, -0.1) is 10.2 Å². The Hall–Kier alpha value is -2.59. The van der Waals surface area contributed by atoms with Crippen molar-refractivity contribution < 1.29 is 22.6 Å². The number of benzene rings is 1. The van der Waals surface area contributed by atoms with Crippen molar-refractivity contribution in [2.24, 2.45) is 0 Å². The molecule has 9 nitrogen and oxygen atoms in total. The van der Waals surface area contributed by atoms with E-state index in [4.69, 9.17) is 14.2 Å². The van der Waals surface area contributed by atoms with Crippen LogP contribution in [-0.2, 0) is 10.0 Å². The molecule has 0 radical (unpaired) electrons. The van der Waals surface area contributed by atoms with E-state index in [1.54, 1.807) is 12.1 Å². The minimum atomic E-state index is -3.69. The minimum absolute atomic E-state index is 0.158. The van der Waals surface area contributed by atoms with E-state index in [1.807, 2.05) is 25.1 Å². The molecule has 1 fully saturated rings. The third-order valence-corrected chi connectivity index (χ3v) is 6.57. The van der Waals surface area contributed by atoms with Crippen molar-refractivity contribution in [3.63, 3.8) is 0 Å². The highest BCUT2D eigenvalue weighted by Crippen LogP contribution is 2.31. The van der Waals surface area contributed by atoms with Crippen molar-refractivity contribution in [3.8, 4) is 17.4 Å². The lowest BCUT2D eigenvalue weighted by Crippen LogP contribution is -2.44. The van der Waals surface area contributed by atoms with Gasteiger partial charge < -0.3 is 19.1 Å². The monoisotopic (exact) mass is 422 g/mol. The lowest BCUT2D eigenvalue weighted by molar-refractivity contribution is 0.123. The summed E-state index contributed by atoms with van der Waals surface area (Å²) in [4.78, 5) is 2.00. The number of hydrogen-bond donors (Lipinski definition) is 0. The minimum Gasteiger partial charge on any atom is -0.493 e. The summed E-state index contributed by atoms with van der Waals surface area (Å²) in [5.41, 5.74) is 0. The van der Waals surface area contributed by atoms with Crippen LogP contribution in [0.3, 0.4) is 0 Å². The summed E-state index contributed by atoms with van der Waals surface area (Å²) in [6, 6.07) is 8.13. The number of ether oxygens (including phenoxy) is 3. The summed E-state index contributed by atoms with van der Waals surface area (Å²) in [6.07, 6.45) is 1.15. The van der Waals surface area contributed by atoms with Gasteiger partial charge in [-0.3, -0.25) is 0 Å². The number of hydrogen-bond acceptors (Lipinski definition) is 8. The van der Waals surface area contributed by atoms with Crippen molar-refractivity contribution >= 4 is 15.8 Å². The maximum Gasteiger partial charge on any atom is 0.243 e. The van der Waals surface area contributed by atoms with Crippen LogP contribution < -0.4 is 19.1 Å². The number of piperidine rings is 1. The second-order valence-corrected chi connectivity index (χ2v) is 8.82. The number of nitrogens with zero attached hydrogens (tertiary/aromatic N) is 4. The van der Waals surface area contributed by atoms with Gasteiger partial charge in [0.2, 0.25) is 15.9 Å². The van der Waals surface area contributed by atoms with Gasteiger partial charge in [0, 0.05) is 32.8 Å². The molecule has 0 aliphatic carbocycles. The highest BCUT2D eigenvalue weighted by Gasteiger charge is 2.32. The van der Waals surface area contributed by atoms with E-state index in [0.717, 1.165) is 12.2 Å². The maximum absolute atomic E-state index is 13.1. The summed E-state index contributed by atoms with van der Waals surface area (Å²) in [5.74, 6) is 1.95. The highest BCUT2D eigenvalue weighted by atomic mass is 32.2. The van der Waals surface area contributed by atoms with Crippen molar-refractivity contribution in [2.45, 2.75) is 23.8 Å². The van der Waals surface area contributed by atoms with Crippen LogP contribution in [0.5, 0.6) is 17.4 Å². The molecule has 1 aliphatic heterocycles. The third-order valence-electron chi connectivity index (χ3n) is 4.71. The first-order valence-corrected chi connectivity index (χ1v) is 10.7. The Kier molecular flexibility index (Phi) is 6.43. The fourth-order valence-corrected chi connectivity index (χ4v) is 4.66. The first-order chi connectivity index (χ1) is 13.8. The topological polar surface area (TPSA) is 94.1 Å². The summed E-state index contributed by atoms with van der Waals surface area (Å²) >= 11 is 0. The first kappa shape index (κ1) is 21.1. The van der Waals surface area contributed by atoms with Crippen LogP contribution in [-0.4, -0.2) is 70.4 Å². The fraction of sp³-hybridized carbons (Fsp3) is 0.474. The molecule has 2 heterocycles. The van der Waals surface area contributed by atoms with Crippen LogP contribution in [0.4, 0.5) is 5.82 Å². The standard InChI is InChI=1S/C19H26N4O5S/c1-22(2)18-9-10-19(21-20-18)28-14-6-5-11-23(13-14)29(24,25)15-7-8-16(26-3)17(12-15)27-4/h7-10,12,14H,5-6,11,13H2,1-4H3. The zero-order chi connectivity index (χ0) is 21.0. The van der Waals surface area contributed by atoms with Crippen molar-refractivity contribution in [1.29, 1.82) is 0 Å². The second-order valence-electron chi connectivity index (χ2n) is 6.89. The summed E-state index contributed by atoms with van der Waals surface area (Å²) < 4.78 is 44.0. The molecular formula is C19H26N4O5S. The SMILES string of the molecule is COc1ccc(S(=O)(=O)N2CCCC(Oc3ccc(N(C)C)nn3)C2)cc1OC. The van der Waals surface area contributed by atoms with Crippen molar-refractivity contribution in [3.05, 3.63) is 30.3 Å². The van der Waals surface area contributed by atoms with E-state index in [1.165, 1.54) is 30.7 Å². The average molecular weight is 423 g/mol. The predicted molar refractivity (Wildman–Crippen MR) is 108 cm³/mol. The Bertz CT molecular complexity index is 934. The van der Waals surface area contributed by atoms with Gasteiger partial charge in [-0.25, -0.2) is 8.42 Å². The quantitative estimate of drug-likeness (QED) is 0.667. The van der Waals surface area contributed by atoms with E-state index >= 15 is 0 Å². The number of rotatable bonds is 7. The Balaban J connectivity index is 1.74. The van der Waals surface area contributed by atoms with Crippen LogP contribution in [0.2, 0.25) is 0 Å². The average Bonchev–Trinajstić information content (AvgIpc) is 2.73. The molecule has 1 saturated heterocycles. The molecule has 2 aromatic rings. The molecule has 0 saturated carbocycles. The van der Waals surface area contributed by atoms with E-state index < -0.39 is 10.0 Å². The van der Waals surface area contributed by atoms with E-state index in [-0.39, 0.29) is 17.5 Å². The van der Waals surface area contributed by atoms with Crippen molar-refractivity contribution in [2.75, 3.05) is 46.3 Å². The molecule has 0 bridgehead atoms. The normalized spacial score (nSPS) is 17.6. The fourth-order valence-electron chi connectivity index (χ4n) is 3.13. The van der Waals surface area contributed by atoms with Gasteiger partial charge in [0.15, 0.2) is 17.3 Å². The lowest BCUT2D eigenvalue weighted by Gasteiger charge is -2.31. The molecule has 1 unspecified atom stereocenters. The predicted octanol–water partition coefficient (Wildman–Crippen LogP) is 1.79. The molecule has 3 rings (SSSR count). The maximum atomic E-state index is 13.1. The molecule has 1 aliphatic rings. The molecule has 0 spiro atoms. The number of anilines is 1. The summed E-state index contributed by atoms with van der Waals surface area (Å²) in [5, 5.41) is 8.16.